The summed E-state index contributed by atoms with van der Waals surface area (Å²) < 4.78 is 16.1. The second kappa shape index (κ2) is 5.50. The smallest absolute Gasteiger partial charge is 0.240 e. The molecule has 3 rings (SSSR count). The molecule has 2 N–H and O–H groups in total. The normalized spacial score (nSPS) is 14.3. The van der Waals surface area contributed by atoms with E-state index in [1.165, 1.54) is 12.8 Å². The van der Waals surface area contributed by atoms with Crippen molar-refractivity contribution in [1.82, 2.24) is 10.1 Å². The number of nitrogens with zero attached hydrogens (tertiary/aromatic N) is 2. The number of hydrogen-bond donors (Lipinski definition) is 1. The molecule has 6 nitrogen and oxygen atoms in total. The van der Waals surface area contributed by atoms with Gasteiger partial charge in [0.2, 0.25) is 11.7 Å². The fourth-order valence-electron chi connectivity index (χ4n) is 1.88. The van der Waals surface area contributed by atoms with Crippen LogP contribution in [-0.4, -0.2) is 23.9 Å². The van der Waals surface area contributed by atoms with Crippen LogP contribution in [-0.2, 0) is 6.54 Å². The highest BCUT2D eigenvalue weighted by Gasteiger charge is 2.22. The number of aromatic nitrogens is 2. The lowest BCUT2D eigenvalue weighted by molar-refractivity contribution is 0.280. The molecule has 6 heteroatoms. The lowest BCUT2D eigenvalue weighted by Crippen LogP contribution is -2.01. The first-order valence-electron chi connectivity index (χ1n) is 6.64. The van der Waals surface area contributed by atoms with Crippen LogP contribution in [0.1, 0.15) is 18.7 Å². The Morgan fingerprint density at radius 2 is 2.20 bits per heavy atom. The van der Waals surface area contributed by atoms with E-state index in [2.05, 4.69) is 10.1 Å². The third kappa shape index (κ3) is 2.75. The second-order valence-electron chi connectivity index (χ2n) is 4.84. The number of hydrogen-bond acceptors (Lipinski definition) is 6. The molecule has 0 aliphatic heterocycles. The Morgan fingerprint density at radius 1 is 1.35 bits per heavy atom. The molecule has 1 aromatic carbocycles. The summed E-state index contributed by atoms with van der Waals surface area (Å²) in [5.41, 5.74) is 6.28. The van der Waals surface area contributed by atoms with Crippen LogP contribution < -0.4 is 15.2 Å². The Balaban J connectivity index is 1.84. The summed E-state index contributed by atoms with van der Waals surface area (Å²) in [4.78, 5) is 4.20. The van der Waals surface area contributed by atoms with Gasteiger partial charge in [-0.2, -0.15) is 4.98 Å². The van der Waals surface area contributed by atoms with Crippen molar-refractivity contribution in [1.29, 1.82) is 0 Å². The summed E-state index contributed by atoms with van der Waals surface area (Å²) in [7, 11) is 1.62. The van der Waals surface area contributed by atoms with E-state index >= 15 is 0 Å². The van der Waals surface area contributed by atoms with Crippen molar-refractivity contribution in [3.63, 3.8) is 0 Å². The van der Waals surface area contributed by atoms with Crippen molar-refractivity contribution in [2.75, 3.05) is 13.7 Å². The van der Waals surface area contributed by atoms with Gasteiger partial charge in [0.25, 0.3) is 0 Å². The van der Waals surface area contributed by atoms with Crippen LogP contribution in [0.25, 0.3) is 11.4 Å². The zero-order valence-electron chi connectivity index (χ0n) is 11.3. The summed E-state index contributed by atoms with van der Waals surface area (Å²) in [5.74, 6) is 3.01. The van der Waals surface area contributed by atoms with Gasteiger partial charge in [0.15, 0.2) is 11.5 Å². The summed E-state index contributed by atoms with van der Waals surface area (Å²) in [6.07, 6.45) is 2.49. The van der Waals surface area contributed by atoms with E-state index in [4.69, 9.17) is 19.7 Å². The predicted octanol–water partition coefficient (Wildman–Crippen LogP) is 1.99. The van der Waals surface area contributed by atoms with E-state index < -0.39 is 0 Å². The Labute approximate surface area is 116 Å². The Hall–Kier alpha value is -2.08. The largest absolute Gasteiger partial charge is 0.493 e. The van der Waals surface area contributed by atoms with E-state index in [-0.39, 0.29) is 6.54 Å². The molecule has 0 saturated heterocycles. The first kappa shape index (κ1) is 12.9. The molecule has 0 bridgehead atoms. The average molecular weight is 275 g/mol. The number of benzene rings is 1. The Bertz CT molecular complexity index is 593. The van der Waals surface area contributed by atoms with Crippen molar-refractivity contribution in [3.05, 3.63) is 24.1 Å². The standard InChI is InChI=1S/C14H17N3O3/c1-18-11-5-4-10(14-16-13(7-15)20-17-14)6-12(11)19-8-9-2-3-9/h4-6,9H,2-3,7-8,15H2,1H3. The summed E-state index contributed by atoms with van der Waals surface area (Å²) in [6.45, 7) is 0.953. The molecule has 1 aliphatic carbocycles. The van der Waals surface area contributed by atoms with E-state index in [1.807, 2.05) is 18.2 Å². The summed E-state index contributed by atoms with van der Waals surface area (Å²) in [6, 6.07) is 5.58. The Kier molecular flexibility index (Phi) is 3.56. The zero-order chi connectivity index (χ0) is 13.9. The number of methoxy groups -OCH3 is 1. The van der Waals surface area contributed by atoms with Gasteiger partial charge in [-0.05, 0) is 37.0 Å². The lowest BCUT2D eigenvalue weighted by atomic mass is 10.2. The van der Waals surface area contributed by atoms with Crippen molar-refractivity contribution in [2.45, 2.75) is 19.4 Å². The van der Waals surface area contributed by atoms with E-state index in [0.29, 0.717) is 29.1 Å². The first-order valence-corrected chi connectivity index (χ1v) is 6.64. The quantitative estimate of drug-likeness (QED) is 0.868. The monoisotopic (exact) mass is 275 g/mol. The topological polar surface area (TPSA) is 83.4 Å². The molecule has 0 atom stereocenters. The molecule has 1 aromatic heterocycles. The first-order chi connectivity index (χ1) is 9.80. The Morgan fingerprint density at radius 3 is 2.85 bits per heavy atom. The molecular formula is C14H17N3O3. The van der Waals surface area contributed by atoms with Gasteiger partial charge in [-0.25, -0.2) is 0 Å². The number of nitrogens with two attached hydrogens (primary N) is 1. The fourth-order valence-corrected chi connectivity index (χ4v) is 1.88. The fraction of sp³-hybridized carbons (Fsp3) is 0.429. The lowest BCUT2D eigenvalue weighted by Gasteiger charge is -2.11. The van der Waals surface area contributed by atoms with Gasteiger partial charge in [0.05, 0.1) is 20.3 Å². The van der Waals surface area contributed by atoms with Gasteiger partial charge in [0, 0.05) is 5.56 Å². The van der Waals surface area contributed by atoms with Crippen LogP contribution in [0.15, 0.2) is 22.7 Å². The van der Waals surface area contributed by atoms with Crippen LogP contribution >= 0.6 is 0 Å². The van der Waals surface area contributed by atoms with Gasteiger partial charge in [-0.3, -0.25) is 0 Å². The van der Waals surface area contributed by atoms with Crippen molar-refractivity contribution in [2.24, 2.45) is 11.7 Å². The summed E-state index contributed by atoms with van der Waals surface area (Å²) >= 11 is 0. The van der Waals surface area contributed by atoms with Crippen LogP contribution in [0.3, 0.4) is 0 Å². The van der Waals surface area contributed by atoms with Crippen molar-refractivity contribution < 1.29 is 14.0 Å². The van der Waals surface area contributed by atoms with Gasteiger partial charge in [-0.1, -0.05) is 5.16 Å². The molecule has 1 fully saturated rings. The van der Waals surface area contributed by atoms with Crippen LogP contribution in [0.2, 0.25) is 0 Å². The molecule has 1 aliphatic rings. The van der Waals surface area contributed by atoms with Crippen LogP contribution in [0, 0.1) is 5.92 Å². The van der Waals surface area contributed by atoms with Crippen LogP contribution in [0.5, 0.6) is 11.5 Å². The molecule has 0 unspecified atom stereocenters. The van der Waals surface area contributed by atoms with Crippen LogP contribution in [0.4, 0.5) is 0 Å². The predicted molar refractivity (Wildman–Crippen MR) is 72.4 cm³/mol. The minimum atomic E-state index is 0.230. The SMILES string of the molecule is COc1ccc(-c2noc(CN)n2)cc1OCC1CC1. The molecule has 2 aromatic rings. The van der Waals surface area contributed by atoms with Crippen molar-refractivity contribution in [3.8, 4) is 22.9 Å². The highest BCUT2D eigenvalue weighted by atomic mass is 16.5. The molecule has 0 radical (unpaired) electrons. The van der Waals surface area contributed by atoms with E-state index in [1.54, 1.807) is 7.11 Å². The maximum atomic E-state index is 5.81. The van der Waals surface area contributed by atoms with Gasteiger partial charge in [0.1, 0.15) is 0 Å². The maximum Gasteiger partial charge on any atom is 0.240 e. The highest BCUT2D eigenvalue weighted by molar-refractivity contribution is 5.60. The molecule has 0 amide bonds. The second-order valence-corrected chi connectivity index (χ2v) is 4.84. The third-order valence-corrected chi connectivity index (χ3v) is 3.24. The number of rotatable bonds is 6. The van der Waals surface area contributed by atoms with E-state index in [9.17, 15) is 0 Å². The highest BCUT2D eigenvalue weighted by Crippen LogP contribution is 2.34. The molecular weight excluding hydrogens is 258 g/mol. The molecule has 1 heterocycles. The average Bonchev–Trinajstić information content (AvgIpc) is 3.19. The molecule has 0 spiro atoms. The minimum Gasteiger partial charge on any atom is -0.493 e. The molecule has 20 heavy (non-hydrogen) atoms. The van der Waals surface area contributed by atoms with Gasteiger partial charge in [-0.15, -0.1) is 0 Å². The maximum absolute atomic E-state index is 5.81. The van der Waals surface area contributed by atoms with Gasteiger partial charge < -0.3 is 19.7 Å². The number of ether oxygens (including phenoxy) is 2. The zero-order valence-corrected chi connectivity index (χ0v) is 11.3. The molecule has 106 valence electrons. The minimum absolute atomic E-state index is 0.230. The summed E-state index contributed by atoms with van der Waals surface area (Å²) in [5, 5.41) is 3.90. The van der Waals surface area contributed by atoms with Crippen molar-refractivity contribution >= 4 is 0 Å². The van der Waals surface area contributed by atoms with E-state index in [0.717, 1.165) is 12.2 Å². The third-order valence-electron chi connectivity index (χ3n) is 3.24. The molecule has 1 saturated carbocycles. The van der Waals surface area contributed by atoms with Gasteiger partial charge >= 0.3 is 0 Å².